The number of anilines is 2. The first-order valence-electron chi connectivity index (χ1n) is 5.51. The van der Waals surface area contributed by atoms with Crippen molar-refractivity contribution in [2.45, 2.75) is 26.1 Å². The third kappa shape index (κ3) is 2.50. The van der Waals surface area contributed by atoms with Crippen LogP contribution in [0.5, 0.6) is 0 Å². The number of halogens is 1. The molecule has 1 fully saturated rings. The van der Waals surface area contributed by atoms with Gasteiger partial charge in [-0.2, -0.15) is 0 Å². The van der Waals surface area contributed by atoms with Gasteiger partial charge in [0.05, 0.1) is 23.6 Å². The minimum absolute atomic E-state index is 0.256. The number of benzene rings is 1. The lowest BCUT2D eigenvalue weighted by atomic mass is 10.2. The number of rotatable bonds is 1. The summed E-state index contributed by atoms with van der Waals surface area (Å²) in [5, 5.41) is 0. The van der Waals surface area contributed by atoms with Crippen molar-refractivity contribution >= 4 is 27.3 Å². The molecule has 2 N–H and O–H groups in total. The number of ether oxygens (including phenoxy) is 1. The molecule has 1 aliphatic heterocycles. The summed E-state index contributed by atoms with van der Waals surface area (Å²) in [6.07, 6.45) is 0.513. The first kappa shape index (κ1) is 11.7. The smallest absolute Gasteiger partial charge is 0.0726 e. The zero-order chi connectivity index (χ0) is 11.7. The van der Waals surface area contributed by atoms with Crippen LogP contribution in [0.1, 0.15) is 13.8 Å². The van der Waals surface area contributed by atoms with E-state index >= 15 is 0 Å². The molecule has 1 aliphatic rings. The molecule has 0 amide bonds. The Morgan fingerprint density at radius 2 is 1.94 bits per heavy atom. The van der Waals surface area contributed by atoms with Crippen LogP contribution in [0.3, 0.4) is 0 Å². The fraction of sp³-hybridized carbons (Fsp3) is 0.500. The average Bonchev–Trinajstić information content (AvgIpc) is 2.15. The van der Waals surface area contributed by atoms with Crippen LogP contribution in [0.4, 0.5) is 11.4 Å². The first-order chi connectivity index (χ1) is 7.56. The van der Waals surface area contributed by atoms with Gasteiger partial charge in [-0.15, -0.1) is 0 Å². The summed E-state index contributed by atoms with van der Waals surface area (Å²) in [5.41, 5.74) is 7.95. The van der Waals surface area contributed by atoms with E-state index in [0.717, 1.165) is 28.9 Å². The van der Waals surface area contributed by atoms with Gasteiger partial charge in [-0.3, -0.25) is 0 Å². The molecular formula is C12H17BrN2O. The molecule has 0 radical (unpaired) electrons. The Kier molecular flexibility index (Phi) is 3.40. The van der Waals surface area contributed by atoms with E-state index < -0.39 is 0 Å². The van der Waals surface area contributed by atoms with Gasteiger partial charge in [-0.25, -0.2) is 0 Å². The number of nitrogens with two attached hydrogens (primary N) is 1. The largest absolute Gasteiger partial charge is 0.397 e. The molecule has 0 bridgehead atoms. The number of hydrogen-bond acceptors (Lipinski definition) is 3. The van der Waals surface area contributed by atoms with E-state index in [9.17, 15) is 0 Å². The van der Waals surface area contributed by atoms with Crippen molar-refractivity contribution in [3.05, 3.63) is 22.7 Å². The fourth-order valence-corrected chi connectivity index (χ4v) is 2.57. The minimum Gasteiger partial charge on any atom is -0.397 e. The highest BCUT2D eigenvalue weighted by Crippen LogP contribution is 2.28. The summed E-state index contributed by atoms with van der Waals surface area (Å²) in [7, 11) is 0. The lowest BCUT2D eigenvalue weighted by Gasteiger charge is -2.37. The molecule has 3 nitrogen and oxygen atoms in total. The van der Waals surface area contributed by atoms with Crippen molar-refractivity contribution in [1.82, 2.24) is 0 Å². The van der Waals surface area contributed by atoms with Crippen molar-refractivity contribution in [1.29, 1.82) is 0 Å². The van der Waals surface area contributed by atoms with E-state index in [4.69, 9.17) is 10.5 Å². The second-order valence-corrected chi connectivity index (χ2v) is 5.28. The normalized spacial score (nSPS) is 25.8. The summed E-state index contributed by atoms with van der Waals surface area (Å²) in [6.45, 7) is 5.99. The van der Waals surface area contributed by atoms with Gasteiger partial charge in [0.2, 0.25) is 0 Å². The van der Waals surface area contributed by atoms with Crippen molar-refractivity contribution in [2.24, 2.45) is 0 Å². The number of morpholine rings is 1. The molecule has 0 aliphatic carbocycles. The van der Waals surface area contributed by atoms with Gasteiger partial charge in [0.25, 0.3) is 0 Å². The Labute approximate surface area is 105 Å². The van der Waals surface area contributed by atoms with Crippen molar-refractivity contribution in [3.63, 3.8) is 0 Å². The number of nitrogen functional groups attached to an aromatic ring is 1. The molecule has 4 heteroatoms. The zero-order valence-corrected chi connectivity index (χ0v) is 11.2. The molecule has 1 heterocycles. The lowest BCUT2D eigenvalue weighted by Crippen LogP contribution is -2.45. The highest BCUT2D eigenvalue weighted by Gasteiger charge is 2.23. The van der Waals surface area contributed by atoms with Crippen LogP contribution in [0, 0.1) is 0 Å². The van der Waals surface area contributed by atoms with Crippen LogP contribution in [0.25, 0.3) is 0 Å². The average molecular weight is 285 g/mol. The van der Waals surface area contributed by atoms with E-state index in [1.54, 1.807) is 0 Å². The monoisotopic (exact) mass is 284 g/mol. The molecule has 1 saturated heterocycles. The molecular weight excluding hydrogens is 268 g/mol. The third-order valence-electron chi connectivity index (χ3n) is 2.75. The maximum absolute atomic E-state index is 6.03. The van der Waals surface area contributed by atoms with Gasteiger partial charge in [0.15, 0.2) is 0 Å². The van der Waals surface area contributed by atoms with Gasteiger partial charge in [-0.1, -0.05) is 15.9 Å². The summed E-state index contributed by atoms with van der Waals surface area (Å²) >= 11 is 3.42. The highest BCUT2D eigenvalue weighted by molar-refractivity contribution is 9.10. The minimum atomic E-state index is 0.256. The summed E-state index contributed by atoms with van der Waals surface area (Å²) in [6, 6.07) is 6.03. The molecule has 88 valence electrons. The molecule has 2 atom stereocenters. The van der Waals surface area contributed by atoms with E-state index in [0.29, 0.717) is 0 Å². The number of hydrogen-bond donors (Lipinski definition) is 1. The Morgan fingerprint density at radius 1 is 1.31 bits per heavy atom. The van der Waals surface area contributed by atoms with Crippen LogP contribution >= 0.6 is 15.9 Å². The van der Waals surface area contributed by atoms with E-state index in [2.05, 4.69) is 40.7 Å². The van der Waals surface area contributed by atoms with Crippen LogP contribution < -0.4 is 10.6 Å². The summed E-state index contributed by atoms with van der Waals surface area (Å²) in [5.74, 6) is 0. The molecule has 0 saturated carbocycles. The maximum Gasteiger partial charge on any atom is 0.0726 e. The predicted octanol–water partition coefficient (Wildman–Crippen LogP) is 2.64. The van der Waals surface area contributed by atoms with Gasteiger partial charge in [0, 0.05) is 17.6 Å². The SMILES string of the molecule is C[C@@H]1CN(c2ccc(Br)cc2N)C[C@H](C)O1. The standard InChI is InChI=1S/C12H17BrN2O/c1-8-6-15(7-9(2)16-8)12-4-3-10(13)5-11(12)14/h3-5,8-9H,6-7,14H2,1-2H3/t8-,9+. The molecule has 0 aromatic heterocycles. The molecule has 1 aromatic rings. The molecule has 2 rings (SSSR count). The summed E-state index contributed by atoms with van der Waals surface area (Å²) < 4.78 is 6.73. The molecule has 0 unspecified atom stereocenters. The van der Waals surface area contributed by atoms with Crippen molar-refractivity contribution in [3.8, 4) is 0 Å². The van der Waals surface area contributed by atoms with Gasteiger partial charge in [-0.05, 0) is 32.0 Å². The maximum atomic E-state index is 6.03. The van der Waals surface area contributed by atoms with Gasteiger partial charge >= 0.3 is 0 Å². The Bertz CT molecular complexity index is 373. The Balaban J connectivity index is 2.23. The van der Waals surface area contributed by atoms with Crippen molar-refractivity contribution < 1.29 is 4.74 Å². The third-order valence-corrected chi connectivity index (χ3v) is 3.24. The second-order valence-electron chi connectivity index (χ2n) is 4.37. The van der Waals surface area contributed by atoms with Crippen LogP contribution in [-0.2, 0) is 4.74 Å². The van der Waals surface area contributed by atoms with E-state index in [-0.39, 0.29) is 12.2 Å². The van der Waals surface area contributed by atoms with Gasteiger partial charge < -0.3 is 15.4 Å². The molecule has 1 aromatic carbocycles. The fourth-order valence-electron chi connectivity index (χ4n) is 2.19. The highest BCUT2D eigenvalue weighted by atomic mass is 79.9. The van der Waals surface area contributed by atoms with E-state index in [1.807, 2.05) is 12.1 Å². The quantitative estimate of drug-likeness (QED) is 0.806. The van der Waals surface area contributed by atoms with Gasteiger partial charge in [0.1, 0.15) is 0 Å². The molecule has 0 spiro atoms. The predicted molar refractivity (Wildman–Crippen MR) is 70.8 cm³/mol. The first-order valence-corrected chi connectivity index (χ1v) is 6.31. The summed E-state index contributed by atoms with van der Waals surface area (Å²) in [4.78, 5) is 2.29. The lowest BCUT2D eigenvalue weighted by molar-refractivity contribution is -0.00517. The Morgan fingerprint density at radius 3 is 2.50 bits per heavy atom. The number of nitrogens with zero attached hydrogens (tertiary/aromatic N) is 1. The van der Waals surface area contributed by atoms with Crippen LogP contribution in [0.15, 0.2) is 22.7 Å². The van der Waals surface area contributed by atoms with Crippen LogP contribution in [0.2, 0.25) is 0 Å². The second kappa shape index (κ2) is 4.63. The van der Waals surface area contributed by atoms with E-state index in [1.165, 1.54) is 0 Å². The topological polar surface area (TPSA) is 38.5 Å². The molecule has 16 heavy (non-hydrogen) atoms. The Hall–Kier alpha value is -0.740. The van der Waals surface area contributed by atoms with Crippen LogP contribution in [-0.4, -0.2) is 25.3 Å². The van der Waals surface area contributed by atoms with Crippen molar-refractivity contribution in [2.75, 3.05) is 23.7 Å². The zero-order valence-electron chi connectivity index (χ0n) is 9.61.